The van der Waals surface area contributed by atoms with Crippen LogP contribution in [0.2, 0.25) is 0 Å². The Morgan fingerprint density at radius 2 is 1.68 bits per heavy atom. The van der Waals surface area contributed by atoms with E-state index >= 15 is 0 Å². The van der Waals surface area contributed by atoms with Gasteiger partial charge in [0.2, 0.25) is 5.78 Å². The van der Waals surface area contributed by atoms with Crippen molar-refractivity contribution in [3.63, 3.8) is 0 Å². The van der Waals surface area contributed by atoms with Gasteiger partial charge < -0.3 is 9.72 Å². The van der Waals surface area contributed by atoms with E-state index in [1.165, 1.54) is 0 Å². The van der Waals surface area contributed by atoms with Crippen LogP contribution in [0.5, 0.6) is 0 Å². The molecule has 4 rings (SSSR count). The second-order valence-corrected chi connectivity index (χ2v) is 5.79. The Balaban J connectivity index is 1.55. The van der Waals surface area contributed by atoms with E-state index in [1.807, 2.05) is 49.4 Å². The van der Waals surface area contributed by atoms with Crippen molar-refractivity contribution in [3.8, 4) is 0 Å². The van der Waals surface area contributed by atoms with E-state index in [0.29, 0.717) is 10.9 Å². The van der Waals surface area contributed by atoms with Crippen molar-refractivity contribution < 1.29 is 14.3 Å². The molecule has 0 saturated heterocycles. The lowest BCUT2D eigenvalue weighted by Crippen LogP contribution is -2.15. The minimum Gasteiger partial charge on any atom is -0.452 e. The topological polar surface area (TPSA) is 87.8 Å². The summed E-state index contributed by atoms with van der Waals surface area (Å²) in [5.74, 6) is -0.869. The third-order valence-corrected chi connectivity index (χ3v) is 4.17. The fourth-order valence-corrected chi connectivity index (χ4v) is 3.03. The number of ether oxygens (including phenoxy) is 1. The average molecular weight is 333 g/mol. The Kier molecular flexibility index (Phi) is 3.57. The van der Waals surface area contributed by atoms with Gasteiger partial charge in [-0.25, -0.2) is 4.79 Å². The van der Waals surface area contributed by atoms with E-state index in [1.54, 1.807) is 6.07 Å². The number of aryl methyl sites for hydroxylation is 1. The maximum atomic E-state index is 12.6. The van der Waals surface area contributed by atoms with Crippen molar-refractivity contribution >= 4 is 33.6 Å². The fourth-order valence-electron chi connectivity index (χ4n) is 3.03. The van der Waals surface area contributed by atoms with Crippen LogP contribution in [0.3, 0.4) is 0 Å². The van der Waals surface area contributed by atoms with Crippen LogP contribution in [0, 0.1) is 6.92 Å². The summed E-state index contributed by atoms with van der Waals surface area (Å²) >= 11 is 0. The number of ketones is 1. The number of para-hydroxylation sites is 2. The Labute approximate surface area is 142 Å². The molecule has 0 radical (unpaired) electrons. The number of H-pyrrole nitrogens is 2. The van der Waals surface area contributed by atoms with Gasteiger partial charge >= 0.3 is 5.97 Å². The normalized spacial score (nSPS) is 11.1. The smallest absolute Gasteiger partial charge is 0.359 e. The number of aromatic nitrogens is 3. The van der Waals surface area contributed by atoms with Crippen LogP contribution in [-0.2, 0) is 4.74 Å². The van der Waals surface area contributed by atoms with E-state index < -0.39 is 5.97 Å². The van der Waals surface area contributed by atoms with Gasteiger partial charge in [-0.1, -0.05) is 36.4 Å². The van der Waals surface area contributed by atoms with Crippen molar-refractivity contribution in [3.05, 3.63) is 65.5 Å². The maximum absolute atomic E-state index is 12.6. The number of esters is 1. The molecule has 0 saturated carbocycles. The van der Waals surface area contributed by atoms with Crippen LogP contribution in [0.25, 0.3) is 21.8 Å². The van der Waals surface area contributed by atoms with E-state index in [4.69, 9.17) is 4.74 Å². The number of nitrogens with one attached hydrogen (secondary N) is 2. The first kappa shape index (κ1) is 15.1. The third-order valence-electron chi connectivity index (χ3n) is 4.17. The molecular weight excluding hydrogens is 318 g/mol. The summed E-state index contributed by atoms with van der Waals surface area (Å²) in [6, 6.07) is 14.8. The molecule has 2 aromatic heterocycles. The van der Waals surface area contributed by atoms with Crippen molar-refractivity contribution in [1.29, 1.82) is 0 Å². The molecule has 0 aliphatic rings. The number of hydrogen-bond donors (Lipinski definition) is 2. The molecule has 0 fully saturated rings. The first-order valence-electron chi connectivity index (χ1n) is 7.86. The van der Waals surface area contributed by atoms with Gasteiger partial charge in [-0.2, -0.15) is 5.10 Å². The molecule has 2 heterocycles. The number of benzene rings is 2. The number of fused-ring (bicyclic) bond motifs is 2. The van der Waals surface area contributed by atoms with E-state index in [-0.39, 0.29) is 18.1 Å². The van der Waals surface area contributed by atoms with Gasteiger partial charge in [-0.05, 0) is 19.1 Å². The summed E-state index contributed by atoms with van der Waals surface area (Å²) in [6.07, 6.45) is 0. The SMILES string of the molecule is Cc1[nH]c2ccccc2c1C(=O)COC(=O)c1n[nH]c2ccccc12. The summed E-state index contributed by atoms with van der Waals surface area (Å²) in [4.78, 5) is 28.0. The number of rotatable bonds is 4. The predicted molar refractivity (Wildman–Crippen MR) is 93.7 cm³/mol. The number of hydrogen-bond acceptors (Lipinski definition) is 4. The molecule has 6 nitrogen and oxygen atoms in total. The highest BCUT2D eigenvalue weighted by atomic mass is 16.5. The fraction of sp³-hybridized carbons (Fsp3) is 0.105. The lowest BCUT2D eigenvalue weighted by atomic mass is 10.1. The number of carbonyl (C=O) groups is 2. The van der Waals surface area contributed by atoms with Gasteiger partial charge in [0.15, 0.2) is 12.3 Å². The van der Waals surface area contributed by atoms with Crippen LogP contribution < -0.4 is 0 Å². The quantitative estimate of drug-likeness (QED) is 0.442. The maximum Gasteiger partial charge on any atom is 0.359 e. The minimum atomic E-state index is -0.622. The first-order chi connectivity index (χ1) is 12.1. The average Bonchev–Trinajstić information content (AvgIpc) is 3.19. The van der Waals surface area contributed by atoms with Gasteiger partial charge in [-0.3, -0.25) is 9.89 Å². The molecule has 0 amide bonds. The van der Waals surface area contributed by atoms with Crippen LogP contribution in [0.15, 0.2) is 48.5 Å². The van der Waals surface area contributed by atoms with E-state index in [9.17, 15) is 9.59 Å². The lowest BCUT2D eigenvalue weighted by Gasteiger charge is -2.03. The molecule has 124 valence electrons. The Morgan fingerprint density at radius 1 is 1.00 bits per heavy atom. The summed E-state index contributed by atoms with van der Waals surface area (Å²) in [6.45, 7) is 1.50. The predicted octanol–water partition coefficient (Wildman–Crippen LogP) is 3.39. The summed E-state index contributed by atoms with van der Waals surface area (Å²) in [5, 5.41) is 8.26. The zero-order valence-corrected chi connectivity index (χ0v) is 13.5. The highest BCUT2D eigenvalue weighted by molar-refractivity contribution is 6.11. The van der Waals surface area contributed by atoms with Gasteiger partial charge in [0.25, 0.3) is 0 Å². The standard InChI is InChI=1S/C19H15N3O3/c1-11-17(12-6-2-4-8-14(12)20-11)16(23)10-25-19(24)18-13-7-3-5-9-15(13)21-22-18/h2-9,20H,10H2,1H3,(H,21,22). The first-order valence-corrected chi connectivity index (χ1v) is 7.86. The van der Waals surface area contributed by atoms with Crippen LogP contribution in [0.4, 0.5) is 0 Å². The van der Waals surface area contributed by atoms with Gasteiger partial charge in [0.1, 0.15) is 0 Å². The molecular formula is C19H15N3O3. The minimum absolute atomic E-state index is 0.180. The molecule has 25 heavy (non-hydrogen) atoms. The molecule has 2 aromatic carbocycles. The molecule has 0 unspecified atom stereocenters. The van der Waals surface area contributed by atoms with Crippen LogP contribution in [0.1, 0.15) is 26.5 Å². The molecule has 0 atom stereocenters. The number of Topliss-reactive ketones (excluding diaryl/α,β-unsaturated/α-hetero) is 1. The summed E-state index contributed by atoms with van der Waals surface area (Å²) in [7, 11) is 0. The molecule has 0 bridgehead atoms. The van der Waals surface area contributed by atoms with Crippen molar-refractivity contribution in [2.45, 2.75) is 6.92 Å². The van der Waals surface area contributed by atoms with Gasteiger partial charge in [0, 0.05) is 27.5 Å². The van der Waals surface area contributed by atoms with Gasteiger partial charge in [-0.15, -0.1) is 0 Å². The number of carbonyl (C=O) groups excluding carboxylic acids is 2. The molecule has 0 aliphatic heterocycles. The molecule has 0 aliphatic carbocycles. The monoisotopic (exact) mass is 333 g/mol. The van der Waals surface area contributed by atoms with Crippen molar-refractivity contribution in [2.75, 3.05) is 6.61 Å². The van der Waals surface area contributed by atoms with E-state index in [2.05, 4.69) is 15.2 Å². The summed E-state index contributed by atoms with van der Waals surface area (Å²) < 4.78 is 5.20. The Bertz CT molecular complexity index is 1110. The molecule has 0 spiro atoms. The molecule has 4 aromatic rings. The zero-order valence-electron chi connectivity index (χ0n) is 13.5. The number of aromatic amines is 2. The summed E-state index contributed by atoms with van der Waals surface area (Å²) in [5.41, 5.74) is 3.11. The molecule has 2 N–H and O–H groups in total. The Hall–Kier alpha value is -3.41. The molecule has 6 heteroatoms. The largest absolute Gasteiger partial charge is 0.452 e. The Morgan fingerprint density at radius 3 is 2.48 bits per heavy atom. The van der Waals surface area contributed by atoms with E-state index in [0.717, 1.165) is 22.1 Å². The highest BCUT2D eigenvalue weighted by Gasteiger charge is 2.20. The van der Waals surface area contributed by atoms with Gasteiger partial charge in [0.05, 0.1) is 5.52 Å². The second kappa shape index (κ2) is 5.90. The van der Waals surface area contributed by atoms with Crippen LogP contribution in [-0.4, -0.2) is 33.5 Å². The number of nitrogens with zero attached hydrogens (tertiary/aromatic N) is 1. The van der Waals surface area contributed by atoms with Crippen molar-refractivity contribution in [1.82, 2.24) is 15.2 Å². The lowest BCUT2D eigenvalue weighted by molar-refractivity contribution is 0.0471. The zero-order chi connectivity index (χ0) is 17.4. The third kappa shape index (κ3) is 2.57. The van der Waals surface area contributed by atoms with Crippen molar-refractivity contribution in [2.24, 2.45) is 0 Å². The van der Waals surface area contributed by atoms with Crippen LogP contribution >= 0.6 is 0 Å². The highest BCUT2D eigenvalue weighted by Crippen LogP contribution is 2.22. The second-order valence-electron chi connectivity index (χ2n) is 5.79.